The number of piperidine rings is 1. The fourth-order valence-corrected chi connectivity index (χ4v) is 3.13. The summed E-state index contributed by atoms with van der Waals surface area (Å²) < 4.78 is 15.9. The van der Waals surface area contributed by atoms with E-state index in [4.69, 9.17) is 14.0 Å². The number of hydrogen-bond donors (Lipinski definition) is 2. The number of ether oxygens (including phenoxy) is 2. The zero-order chi connectivity index (χ0) is 18.1. The van der Waals surface area contributed by atoms with E-state index in [1.165, 1.54) is 0 Å². The normalized spacial score (nSPS) is 22.4. The Morgan fingerprint density at radius 1 is 1.38 bits per heavy atom. The molecule has 0 unspecified atom stereocenters. The zero-order valence-corrected chi connectivity index (χ0v) is 14.3. The molecule has 0 bridgehead atoms. The van der Waals surface area contributed by atoms with Gasteiger partial charge < -0.3 is 29.3 Å². The van der Waals surface area contributed by atoms with E-state index in [-0.39, 0.29) is 19.2 Å². The molecule has 3 heterocycles. The third-order valence-corrected chi connectivity index (χ3v) is 4.62. The first-order valence-corrected chi connectivity index (χ1v) is 8.47. The molecule has 138 valence electrons. The number of benzene rings is 1. The van der Waals surface area contributed by atoms with Crippen LogP contribution in [0.25, 0.3) is 11.5 Å². The lowest BCUT2D eigenvalue weighted by molar-refractivity contribution is -0.131. The molecule has 0 radical (unpaired) electrons. The molecule has 1 saturated heterocycles. The standard InChI is InChI=1S/C17H20N4O5/c1-21-5-4-12(22)11(8-21)16(23)18-7-15-19-17(26-20-15)10-2-3-13-14(6-10)25-9-24-13/h2-3,6,11-12,22H,4-5,7-9H2,1H3,(H,18,23)/t11-,12-/m1/s1. The minimum atomic E-state index is -0.624. The van der Waals surface area contributed by atoms with Crippen molar-refractivity contribution in [3.8, 4) is 23.0 Å². The number of likely N-dealkylation sites (tertiary alicyclic amines) is 1. The van der Waals surface area contributed by atoms with E-state index in [0.29, 0.717) is 41.7 Å². The molecule has 2 aromatic rings. The van der Waals surface area contributed by atoms with E-state index in [0.717, 1.165) is 6.54 Å². The van der Waals surface area contributed by atoms with Crippen LogP contribution in [-0.2, 0) is 11.3 Å². The highest BCUT2D eigenvalue weighted by atomic mass is 16.7. The van der Waals surface area contributed by atoms with Crippen LogP contribution in [0.4, 0.5) is 0 Å². The average molecular weight is 360 g/mol. The summed E-state index contributed by atoms with van der Waals surface area (Å²) in [6.07, 6.45) is -0.0360. The number of nitrogens with one attached hydrogen (secondary N) is 1. The van der Waals surface area contributed by atoms with Gasteiger partial charge in [0.2, 0.25) is 12.7 Å². The fourth-order valence-electron chi connectivity index (χ4n) is 3.13. The number of carbonyl (C=O) groups excluding carboxylic acids is 1. The molecule has 9 nitrogen and oxygen atoms in total. The van der Waals surface area contributed by atoms with E-state index in [1.807, 2.05) is 11.9 Å². The Morgan fingerprint density at radius 3 is 3.12 bits per heavy atom. The van der Waals surface area contributed by atoms with Gasteiger partial charge >= 0.3 is 0 Å². The minimum absolute atomic E-state index is 0.139. The van der Waals surface area contributed by atoms with Crippen LogP contribution in [0.1, 0.15) is 12.2 Å². The Morgan fingerprint density at radius 2 is 2.23 bits per heavy atom. The predicted molar refractivity (Wildman–Crippen MR) is 89.3 cm³/mol. The van der Waals surface area contributed by atoms with Crippen molar-refractivity contribution in [3.05, 3.63) is 24.0 Å². The van der Waals surface area contributed by atoms with Gasteiger partial charge in [0, 0.05) is 18.7 Å². The monoisotopic (exact) mass is 360 g/mol. The second-order valence-corrected chi connectivity index (χ2v) is 6.53. The molecule has 2 aliphatic rings. The van der Waals surface area contributed by atoms with Gasteiger partial charge in [-0.15, -0.1) is 0 Å². The van der Waals surface area contributed by atoms with Gasteiger partial charge in [0.15, 0.2) is 17.3 Å². The van der Waals surface area contributed by atoms with Crippen molar-refractivity contribution in [2.45, 2.75) is 19.1 Å². The molecule has 0 saturated carbocycles. The number of fused-ring (bicyclic) bond motifs is 1. The van der Waals surface area contributed by atoms with Gasteiger partial charge in [-0.1, -0.05) is 5.16 Å². The highest BCUT2D eigenvalue weighted by Gasteiger charge is 2.31. The molecule has 2 aliphatic heterocycles. The number of rotatable bonds is 4. The lowest BCUT2D eigenvalue weighted by Crippen LogP contribution is -2.48. The predicted octanol–water partition coefficient (Wildman–Crippen LogP) is 0.394. The summed E-state index contributed by atoms with van der Waals surface area (Å²) in [5, 5.41) is 16.7. The maximum atomic E-state index is 12.3. The van der Waals surface area contributed by atoms with Crippen LogP contribution >= 0.6 is 0 Å². The zero-order valence-electron chi connectivity index (χ0n) is 14.3. The molecule has 1 aromatic heterocycles. The van der Waals surface area contributed by atoms with Gasteiger partial charge in [-0.25, -0.2) is 0 Å². The maximum Gasteiger partial charge on any atom is 0.258 e. The summed E-state index contributed by atoms with van der Waals surface area (Å²) in [6, 6.07) is 5.36. The van der Waals surface area contributed by atoms with E-state index >= 15 is 0 Å². The Labute approximate surface area is 149 Å². The molecule has 1 amide bonds. The lowest BCUT2D eigenvalue weighted by atomic mass is 9.94. The van der Waals surface area contributed by atoms with Gasteiger partial charge in [0.1, 0.15) is 0 Å². The van der Waals surface area contributed by atoms with Crippen molar-refractivity contribution >= 4 is 5.91 Å². The van der Waals surface area contributed by atoms with Gasteiger partial charge in [0.05, 0.1) is 18.6 Å². The van der Waals surface area contributed by atoms with Crippen molar-refractivity contribution < 1.29 is 23.9 Å². The van der Waals surface area contributed by atoms with Crippen LogP contribution in [0.3, 0.4) is 0 Å². The number of aliphatic hydroxyl groups is 1. The molecule has 1 aromatic carbocycles. The van der Waals surface area contributed by atoms with Crippen molar-refractivity contribution in [2.24, 2.45) is 5.92 Å². The average Bonchev–Trinajstić information content (AvgIpc) is 3.30. The Kier molecular flexibility index (Phi) is 4.48. The number of aromatic nitrogens is 2. The van der Waals surface area contributed by atoms with Crippen molar-refractivity contribution in [2.75, 3.05) is 26.9 Å². The third kappa shape index (κ3) is 3.35. The summed E-state index contributed by atoms with van der Waals surface area (Å²) in [4.78, 5) is 18.6. The number of hydrogen-bond acceptors (Lipinski definition) is 8. The minimum Gasteiger partial charge on any atom is -0.454 e. The smallest absolute Gasteiger partial charge is 0.258 e. The van der Waals surface area contributed by atoms with Crippen LogP contribution < -0.4 is 14.8 Å². The summed E-state index contributed by atoms with van der Waals surface area (Å²) in [7, 11) is 1.93. The molecule has 0 spiro atoms. The molecule has 2 N–H and O–H groups in total. The van der Waals surface area contributed by atoms with Crippen LogP contribution in [-0.4, -0.2) is 59.1 Å². The van der Waals surface area contributed by atoms with Gasteiger partial charge in [-0.3, -0.25) is 4.79 Å². The second-order valence-electron chi connectivity index (χ2n) is 6.53. The highest BCUT2D eigenvalue weighted by Crippen LogP contribution is 2.35. The summed E-state index contributed by atoms with van der Waals surface area (Å²) in [5.74, 6) is 1.35. The molecular weight excluding hydrogens is 340 g/mol. The third-order valence-electron chi connectivity index (χ3n) is 4.62. The quantitative estimate of drug-likeness (QED) is 0.806. The molecule has 1 fully saturated rings. The summed E-state index contributed by atoms with van der Waals surface area (Å²) in [5.41, 5.74) is 0.712. The van der Waals surface area contributed by atoms with Crippen LogP contribution in [0.5, 0.6) is 11.5 Å². The number of carbonyl (C=O) groups is 1. The number of amides is 1. The lowest BCUT2D eigenvalue weighted by Gasteiger charge is -2.32. The second kappa shape index (κ2) is 6.93. The molecule has 0 aliphatic carbocycles. The summed E-state index contributed by atoms with van der Waals surface area (Å²) in [6.45, 7) is 1.65. The van der Waals surface area contributed by atoms with Gasteiger partial charge in [-0.05, 0) is 31.7 Å². The Balaban J connectivity index is 1.38. The largest absolute Gasteiger partial charge is 0.454 e. The van der Waals surface area contributed by atoms with E-state index < -0.39 is 12.0 Å². The summed E-state index contributed by atoms with van der Waals surface area (Å²) >= 11 is 0. The van der Waals surface area contributed by atoms with E-state index in [2.05, 4.69) is 15.5 Å². The molecule has 9 heteroatoms. The SMILES string of the molecule is CN1CC[C@@H](O)[C@H](C(=O)NCc2noc(-c3ccc4c(c3)OCO4)n2)C1. The number of aliphatic hydroxyl groups excluding tert-OH is 1. The van der Waals surface area contributed by atoms with Gasteiger partial charge in [-0.2, -0.15) is 4.98 Å². The maximum absolute atomic E-state index is 12.3. The molecular formula is C17H20N4O5. The molecule has 4 rings (SSSR count). The van der Waals surface area contributed by atoms with E-state index in [1.54, 1.807) is 18.2 Å². The van der Waals surface area contributed by atoms with Crippen LogP contribution in [0.2, 0.25) is 0 Å². The van der Waals surface area contributed by atoms with E-state index in [9.17, 15) is 9.90 Å². The topological polar surface area (TPSA) is 110 Å². The van der Waals surface area contributed by atoms with Gasteiger partial charge in [0.25, 0.3) is 5.89 Å². The first kappa shape index (κ1) is 16.8. The Bertz CT molecular complexity index is 808. The van der Waals surface area contributed by atoms with Crippen molar-refractivity contribution in [3.63, 3.8) is 0 Å². The first-order valence-electron chi connectivity index (χ1n) is 8.47. The fraction of sp³-hybridized carbons (Fsp3) is 0.471. The number of nitrogens with zero attached hydrogens (tertiary/aromatic N) is 3. The molecule has 26 heavy (non-hydrogen) atoms. The molecule has 2 atom stereocenters. The highest BCUT2D eigenvalue weighted by molar-refractivity contribution is 5.79. The van der Waals surface area contributed by atoms with Crippen molar-refractivity contribution in [1.29, 1.82) is 0 Å². The first-order chi connectivity index (χ1) is 12.6. The van der Waals surface area contributed by atoms with Crippen LogP contribution in [0, 0.1) is 5.92 Å². The van der Waals surface area contributed by atoms with Crippen LogP contribution in [0.15, 0.2) is 22.7 Å². The Hall–Kier alpha value is -2.65. The van der Waals surface area contributed by atoms with Crippen molar-refractivity contribution in [1.82, 2.24) is 20.4 Å².